The Hall–Kier alpha value is -6.36. The number of anilines is 5. The predicted molar refractivity (Wildman–Crippen MR) is 227 cm³/mol. The van der Waals surface area contributed by atoms with Crippen LogP contribution in [0.3, 0.4) is 0 Å². The van der Waals surface area contributed by atoms with Crippen LogP contribution in [0.2, 0.25) is 0 Å². The maximum atomic E-state index is 2.57. The van der Waals surface area contributed by atoms with Crippen LogP contribution >= 0.6 is 11.3 Å². The molecule has 0 fully saturated rings. The van der Waals surface area contributed by atoms with E-state index in [9.17, 15) is 0 Å². The van der Waals surface area contributed by atoms with Crippen LogP contribution in [-0.2, 0) is 6.42 Å². The van der Waals surface area contributed by atoms with Crippen LogP contribution in [0.15, 0.2) is 176 Å². The Balaban J connectivity index is 1.12. The van der Waals surface area contributed by atoms with Gasteiger partial charge in [0.2, 0.25) is 0 Å². The Morgan fingerprint density at radius 1 is 0.509 bits per heavy atom. The molecule has 0 spiro atoms. The first kappa shape index (κ1) is 30.3. The highest BCUT2D eigenvalue weighted by Gasteiger charge is 2.27. The van der Waals surface area contributed by atoms with Gasteiger partial charge < -0.3 is 14.2 Å². The van der Waals surface area contributed by atoms with E-state index in [1.165, 1.54) is 75.7 Å². The zero-order valence-corrected chi connectivity index (χ0v) is 30.1. The van der Waals surface area contributed by atoms with Gasteiger partial charge in [0, 0.05) is 66.3 Å². The molecule has 7 aromatic carbocycles. The van der Waals surface area contributed by atoms with E-state index in [0.717, 1.165) is 23.5 Å². The quantitative estimate of drug-likeness (QED) is 0.171. The lowest BCUT2D eigenvalue weighted by Gasteiger charge is -2.34. The van der Waals surface area contributed by atoms with Gasteiger partial charge in [-0.3, -0.25) is 0 Å². The van der Waals surface area contributed by atoms with Gasteiger partial charge in [0.15, 0.2) is 0 Å². The molecule has 11 rings (SSSR count). The van der Waals surface area contributed by atoms with Gasteiger partial charge in [-0.05, 0) is 102 Å². The summed E-state index contributed by atoms with van der Waals surface area (Å²) in [7, 11) is 0. The maximum Gasteiger partial charge on any atom is 0.0728 e. The Morgan fingerprint density at radius 3 is 1.72 bits per heavy atom. The van der Waals surface area contributed by atoms with Crippen molar-refractivity contribution < 1.29 is 0 Å². The van der Waals surface area contributed by atoms with E-state index in [-0.39, 0.29) is 0 Å². The number of allylic oxidation sites excluding steroid dienone is 1. The molecular formula is C49H35N3S. The lowest BCUT2D eigenvalue weighted by atomic mass is 9.86. The third-order valence-electron chi connectivity index (χ3n) is 11.1. The second kappa shape index (κ2) is 11.8. The number of thiophene rings is 1. The largest absolute Gasteiger partial charge is 0.314 e. The van der Waals surface area contributed by atoms with E-state index in [1.54, 1.807) is 0 Å². The van der Waals surface area contributed by atoms with Crippen LogP contribution in [-0.4, -0.2) is 4.40 Å². The summed E-state index contributed by atoms with van der Waals surface area (Å²) in [6.07, 6.45) is 3.44. The van der Waals surface area contributed by atoms with Gasteiger partial charge >= 0.3 is 0 Å². The second-order valence-corrected chi connectivity index (χ2v) is 15.3. The van der Waals surface area contributed by atoms with Crippen LogP contribution < -0.4 is 9.80 Å². The number of aromatic nitrogens is 1. The molecule has 1 atom stereocenters. The molecule has 4 heteroatoms. The molecule has 0 saturated carbocycles. The number of rotatable bonds is 6. The van der Waals surface area contributed by atoms with Crippen LogP contribution in [0, 0.1) is 5.92 Å². The molecule has 3 nitrogen and oxygen atoms in total. The Kier molecular flexibility index (Phi) is 6.77. The van der Waals surface area contributed by atoms with Crippen molar-refractivity contribution in [2.75, 3.05) is 9.80 Å². The minimum Gasteiger partial charge on any atom is -0.314 e. The van der Waals surface area contributed by atoms with Gasteiger partial charge in [-0.1, -0.05) is 97.9 Å². The third kappa shape index (κ3) is 4.66. The summed E-state index contributed by atoms with van der Waals surface area (Å²) in [5, 5.41) is 5.31. The van der Waals surface area contributed by atoms with Gasteiger partial charge in [0.25, 0.3) is 0 Å². The number of hydrogen-bond acceptors (Lipinski definition) is 3. The molecule has 0 radical (unpaired) electrons. The van der Waals surface area contributed by atoms with Gasteiger partial charge in [-0.15, -0.1) is 11.3 Å². The average molecular weight is 698 g/mol. The normalized spacial score (nSPS) is 14.4. The predicted octanol–water partition coefficient (Wildman–Crippen LogP) is 13.9. The summed E-state index contributed by atoms with van der Waals surface area (Å²) >= 11 is 1.91. The van der Waals surface area contributed by atoms with Gasteiger partial charge in [0.05, 0.1) is 21.3 Å². The number of nitrogens with zero attached hydrogens (tertiary/aromatic N) is 3. The number of hydrogen-bond donors (Lipinski definition) is 0. The van der Waals surface area contributed by atoms with E-state index < -0.39 is 0 Å². The van der Waals surface area contributed by atoms with Crippen molar-refractivity contribution in [1.29, 1.82) is 0 Å². The van der Waals surface area contributed by atoms with Crippen molar-refractivity contribution in [3.05, 3.63) is 187 Å². The topological polar surface area (TPSA) is 10.9 Å². The van der Waals surface area contributed by atoms with Gasteiger partial charge in [-0.2, -0.15) is 0 Å². The van der Waals surface area contributed by atoms with Crippen LogP contribution in [0.1, 0.15) is 18.1 Å². The van der Waals surface area contributed by atoms with E-state index in [4.69, 9.17) is 0 Å². The minimum atomic E-state index is 0.352. The molecule has 3 heterocycles. The van der Waals surface area contributed by atoms with Gasteiger partial charge in [-0.25, -0.2) is 0 Å². The first-order valence-corrected chi connectivity index (χ1v) is 19.2. The van der Waals surface area contributed by atoms with E-state index in [1.807, 2.05) is 11.3 Å². The van der Waals surface area contributed by atoms with Crippen molar-refractivity contribution >= 4 is 93.3 Å². The number of para-hydroxylation sites is 5. The van der Waals surface area contributed by atoms with Crippen molar-refractivity contribution in [1.82, 2.24) is 4.40 Å². The molecule has 1 unspecified atom stereocenters. The highest BCUT2D eigenvalue weighted by molar-refractivity contribution is 7.26. The molecule has 0 amide bonds. The lowest BCUT2D eigenvalue weighted by molar-refractivity contribution is 0.658. The summed E-state index contributed by atoms with van der Waals surface area (Å²) < 4.78 is 5.22. The zero-order chi connectivity index (χ0) is 35.0. The number of benzene rings is 7. The summed E-state index contributed by atoms with van der Waals surface area (Å²) in [6.45, 7) is 2.37. The standard InChI is InChI=1S/C49H35N3S/c1-32-27-33-28-43-40-23-14-24-42-47(40)52(45(43)30-34(33)29-44(32)51(37-19-10-4-11-20-37)38-21-12-5-13-22-38)48-41-26-25-39(31-46(41)53-49(42)48)50(35-15-6-2-7-16-35)36-17-8-3-9-18-36/h2-26,28-32H,27H2,1H3. The van der Waals surface area contributed by atoms with Gasteiger partial charge in [0.1, 0.15) is 0 Å². The summed E-state index contributed by atoms with van der Waals surface area (Å²) in [5.41, 5.74) is 13.8. The first-order chi connectivity index (χ1) is 26.2. The fourth-order valence-electron chi connectivity index (χ4n) is 8.74. The fraction of sp³-hybridized carbons (Fsp3) is 0.0612. The molecule has 3 aromatic heterocycles. The van der Waals surface area contributed by atoms with Crippen LogP contribution in [0.4, 0.5) is 28.4 Å². The number of fused-ring (bicyclic) bond motifs is 9. The molecule has 10 aromatic rings. The van der Waals surface area contributed by atoms with Crippen molar-refractivity contribution in [2.45, 2.75) is 13.3 Å². The molecule has 1 aliphatic carbocycles. The van der Waals surface area contributed by atoms with Crippen molar-refractivity contribution in [3.63, 3.8) is 0 Å². The second-order valence-electron chi connectivity index (χ2n) is 14.3. The SMILES string of the molecule is CC1Cc2cc3c4cccc5c6sc7cc(N(c8ccccc8)c8ccccc8)ccc7c6n(c3cc2C=C1N(c1ccccc1)c1ccccc1)c45. The van der Waals surface area contributed by atoms with Crippen molar-refractivity contribution in [2.24, 2.45) is 5.92 Å². The molecule has 0 bridgehead atoms. The molecule has 0 N–H and O–H groups in total. The smallest absolute Gasteiger partial charge is 0.0728 e. The van der Waals surface area contributed by atoms with E-state index in [0.29, 0.717) is 5.92 Å². The monoisotopic (exact) mass is 697 g/mol. The van der Waals surface area contributed by atoms with Crippen LogP contribution in [0.5, 0.6) is 0 Å². The average Bonchev–Trinajstić information content (AvgIpc) is 3.85. The molecule has 0 aliphatic heterocycles. The summed E-state index contributed by atoms with van der Waals surface area (Å²) in [6, 6.07) is 61.8. The molecule has 53 heavy (non-hydrogen) atoms. The Morgan fingerprint density at radius 2 is 1.09 bits per heavy atom. The lowest BCUT2D eigenvalue weighted by Crippen LogP contribution is -2.25. The van der Waals surface area contributed by atoms with Crippen LogP contribution in [0.25, 0.3) is 53.6 Å². The molecular weight excluding hydrogens is 663 g/mol. The Bertz CT molecular complexity index is 2900. The third-order valence-corrected chi connectivity index (χ3v) is 12.2. The van der Waals surface area contributed by atoms with Crippen molar-refractivity contribution in [3.8, 4) is 0 Å². The van der Waals surface area contributed by atoms with E-state index >= 15 is 0 Å². The molecule has 0 saturated heterocycles. The highest BCUT2D eigenvalue weighted by Crippen LogP contribution is 2.48. The molecule has 252 valence electrons. The highest BCUT2D eigenvalue weighted by atomic mass is 32.1. The molecule has 1 aliphatic rings. The Labute approximate surface area is 312 Å². The maximum absolute atomic E-state index is 2.57. The summed E-state index contributed by atoms with van der Waals surface area (Å²) in [5.74, 6) is 0.352. The first-order valence-electron chi connectivity index (χ1n) is 18.4. The minimum absolute atomic E-state index is 0.352. The summed E-state index contributed by atoms with van der Waals surface area (Å²) in [4.78, 5) is 4.80. The zero-order valence-electron chi connectivity index (χ0n) is 29.3. The fourth-order valence-corrected chi connectivity index (χ4v) is 9.98. The van der Waals surface area contributed by atoms with E-state index in [2.05, 4.69) is 197 Å².